The summed E-state index contributed by atoms with van der Waals surface area (Å²) in [6.45, 7) is 0. The fourth-order valence-electron chi connectivity index (χ4n) is 0.858. The maximum atomic E-state index is 12.4. The number of benzene rings is 1. The highest BCUT2D eigenvalue weighted by Gasteiger charge is 2.01. The Morgan fingerprint density at radius 1 is 1.45 bits per heavy atom. The van der Waals surface area contributed by atoms with E-state index in [4.69, 9.17) is 5.11 Å². The van der Waals surface area contributed by atoms with Gasteiger partial charge in [-0.3, -0.25) is 0 Å². The predicted octanol–water partition coefficient (Wildman–Crippen LogP) is 1.66. The Labute approximate surface area is 63.3 Å². The van der Waals surface area contributed by atoms with Gasteiger partial charge in [0.05, 0.1) is 0 Å². The van der Waals surface area contributed by atoms with Gasteiger partial charge < -0.3 is 5.11 Å². The number of aliphatic hydroxyl groups is 1. The van der Waals surface area contributed by atoms with Gasteiger partial charge in [0.25, 0.3) is 0 Å². The van der Waals surface area contributed by atoms with E-state index in [1.807, 2.05) is 0 Å². The highest BCUT2D eigenvalue weighted by Crippen LogP contribution is 2.06. The molecule has 0 spiro atoms. The Bertz CT molecular complexity index is 235. The van der Waals surface area contributed by atoms with Crippen molar-refractivity contribution in [3.05, 3.63) is 35.6 Å². The van der Waals surface area contributed by atoms with Crippen LogP contribution in [0.15, 0.2) is 24.3 Å². The zero-order valence-corrected chi connectivity index (χ0v) is 5.80. The van der Waals surface area contributed by atoms with Crippen LogP contribution < -0.4 is 0 Å². The predicted molar refractivity (Wildman–Crippen MR) is 37.2 cm³/mol. The molecule has 1 aromatic rings. The molecule has 1 nitrogen and oxygen atoms in total. The van der Waals surface area contributed by atoms with Crippen LogP contribution in [-0.2, 0) is 6.42 Å². The summed E-state index contributed by atoms with van der Waals surface area (Å²) in [6.07, 6.45) is -2.06. The lowest BCUT2D eigenvalue weighted by Gasteiger charge is -2.00. The van der Waals surface area contributed by atoms with Crippen molar-refractivity contribution < 1.29 is 13.9 Å². The smallest absolute Gasteiger partial charge is 0.200 e. The van der Waals surface area contributed by atoms with E-state index in [9.17, 15) is 8.78 Å². The summed E-state index contributed by atoms with van der Waals surface area (Å²) in [7, 11) is 0. The van der Waals surface area contributed by atoms with Gasteiger partial charge in [0.2, 0.25) is 0 Å². The number of aliphatic hydroxyl groups excluding tert-OH is 1. The molecule has 1 rings (SSSR count). The molecule has 11 heavy (non-hydrogen) atoms. The van der Waals surface area contributed by atoms with Gasteiger partial charge in [-0.1, -0.05) is 12.1 Å². The third-order valence-corrected chi connectivity index (χ3v) is 1.29. The van der Waals surface area contributed by atoms with Gasteiger partial charge in [0.15, 0.2) is 6.36 Å². The van der Waals surface area contributed by atoms with Gasteiger partial charge in [-0.25, -0.2) is 8.78 Å². The standard InChI is InChI=1S/C8H8F2O/c9-7-3-1-2-6(4-7)5-8(10)11/h1-4,8,11H,5H2. The summed E-state index contributed by atoms with van der Waals surface area (Å²) >= 11 is 0. The Hall–Kier alpha value is -0.960. The molecule has 0 aliphatic rings. The van der Waals surface area contributed by atoms with Crippen LogP contribution in [0.3, 0.4) is 0 Å². The number of hydrogen-bond acceptors (Lipinski definition) is 1. The first-order valence-corrected chi connectivity index (χ1v) is 3.25. The van der Waals surface area contributed by atoms with E-state index in [0.29, 0.717) is 5.56 Å². The molecule has 1 N–H and O–H groups in total. The van der Waals surface area contributed by atoms with E-state index in [1.165, 1.54) is 18.2 Å². The average Bonchev–Trinajstić information content (AvgIpc) is 1.85. The summed E-state index contributed by atoms with van der Waals surface area (Å²) in [5, 5.41) is 8.31. The van der Waals surface area contributed by atoms with E-state index in [-0.39, 0.29) is 6.42 Å². The SMILES string of the molecule is OC(F)Cc1cccc(F)c1. The van der Waals surface area contributed by atoms with Gasteiger partial charge in [0, 0.05) is 6.42 Å². The van der Waals surface area contributed by atoms with E-state index in [1.54, 1.807) is 6.07 Å². The molecule has 60 valence electrons. The first-order chi connectivity index (χ1) is 5.18. The summed E-state index contributed by atoms with van der Waals surface area (Å²) in [5.41, 5.74) is 0.458. The fourth-order valence-corrected chi connectivity index (χ4v) is 0.858. The summed E-state index contributed by atoms with van der Waals surface area (Å²) in [6, 6.07) is 5.51. The molecule has 0 radical (unpaired) electrons. The molecule has 0 bridgehead atoms. The molecule has 1 unspecified atom stereocenters. The first-order valence-electron chi connectivity index (χ1n) is 3.25. The second-order valence-electron chi connectivity index (χ2n) is 2.27. The van der Waals surface area contributed by atoms with E-state index in [2.05, 4.69) is 0 Å². The van der Waals surface area contributed by atoms with Gasteiger partial charge in [-0.2, -0.15) is 0 Å². The lowest BCUT2D eigenvalue weighted by atomic mass is 10.1. The molecule has 1 aromatic carbocycles. The van der Waals surface area contributed by atoms with Crippen molar-refractivity contribution in [1.29, 1.82) is 0 Å². The second-order valence-corrected chi connectivity index (χ2v) is 2.27. The summed E-state index contributed by atoms with van der Waals surface area (Å²) in [4.78, 5) is 0. The quantitative estimate of drug-likeness (QED) is 0.693. The van der Waals surface area contributed by atoms with Crippen molar-refractivity contribution in [2.24, 2.45) is 0 Å². The monoisotopic (exact) mass is 158 g/mol. The Balaban J connectivity index is 2.71. The minimum Gasteiger partial charge on any atom is -0.364 e. The highest BCUT2D eigenvalue weighted by atomic mass is 19.1. The zero-order valence-electron chi connectivity index (χ0n) is 5.80. The second kappa shape index (κ2) is 3.44. The number of hydrogen-bond donors (Lipinski definition) is 1. The van der Waals surface area contributed by atoms with Gasteiger partial charge in [-0.05, 0) is 17.7 Å². The number of halogens is 2. The summed E-state index contributed by atoms with van der Waals surface area (Å²) in [5.74, 6) is -0.414. The van der Waals surface area contributed by atoms with E-state index < -0.39 is 12.2 Å². The third-order valence-electron chi connectivity index (χ3n) is 1.29. The largest absolute Gasteiger partial charge is 0.364 e. The number of alkyl halides is 1. The minimum absolute atomic E-state index is 0.155. The van der Waals surface area contributed by atoms with Crippen molar-refractivity contribution in [3.8, 4) is 0 Å². The van der Waals surface area contributed by atoms with Crippen LogP contribution in [0, 0.1) is 5.82 Å². The van der Waals surface area contributed by atoms with Crippen LogP contribution >= 0.6 is 0 Å². The maximum absolute atomic E-state index is 12.4. The van der Waals surface area contributed by atoms with Crippen molar-refractivity contribution in [1.82, 2.24) is 0 Å². The van der Waals surface area contributed by atoms with Crippen molar-refractivity contribution in [3.63, 3.8) is 0 Å². The average molecular weight is 158 g/mol. The van der Waals surface area contributed by atoms with E-state index in [0.717, 1.165) is 0 Å². The summed E-state index contributed by atoms with van der Waals surface area (Å²) < 4.78 is 24.4. The molecule has 0 aliphatic heterocycles. The van der Waals surface area contributed by atoms with Crippen molar-refractivity contribution >= 4 is 0 Å². The Morgan fingerprint density at radius 3 is 2.73 bits per heavy atom. The first kappa shape index (κ1) is 8.14. The van der Waals surface area contributed by atoms with Crippen LogP contribution in [0.5, 0.6) is 0 Å². The van der Waals surface area contributed by atoms with Gasteiger partial charge in [-0.15, -0.1) is 0 Å². The minimum atomic E-state index is -1.91. The van der Waals surface area contributed by atoms with Crippen LogP contribution in [0.2, 0.25) is 0 Å². The topological polar surface area (TPSA) is 20.2 Å². The van der Waals surface area contributed by atoms with Crippen molar-refractivity contribution in [2.75, 3.05) is 0 Å². The van der Waals surface area contributed by atoms with Gasteiger partial charge in [0.1, 0.15) is 5.82 Å². The van der Waals surface area contributed by atoms with Crippen LogP contribution in [-0.4, -0.2) is 11.5 Å². The fraction of sp³-hybridized carbons (Fsp3) is 0.250. The lowest BCUT2D eigenvalue weighted by molar-refractivity contribution is 0.0429. The molecule has 0 amide bonds. The molecule has 0 heterocycles. The lowest BCUT2D eigenvalue weighted by Crippen LogP contribution is -2.02. The van der Waals surface area contributed by atoms with E-state index >= 15 is 0 Å². The molecule has 0 saturated heterocycles. The normalized spacial score (nSPS) is 13.0. The van der Waals surface area contributed by atoms with Crippen LogP contribution in [0.25, 0.3) is 0 Å². The molecule has 0 saturated carbocycles. The van der Waals surface area contributed by atoms with Crippen LogP contribution in [0.1, 0.15) is 5.56 Å². The van der Waals surface area contributed by atoms with Crippen LogP contribution in [0.4, 0.5) is 8.78 Å². The molecule has 1 atom stereocenters. The van der Waals surface area contributed by atoms with Crippen molar-refractivity contribution in [2.45, 2.75) is 12.8 Å². The molecule has 0 fully saturated rings. The molecular formula is C8H8F2O. The third kappa shape index (κ3) is 2.63. The molecule has 0 aliphatic carbocycles. The Kier molecular flexibility index (Phi) is 2.54. The van der Waals surface area contributed by atoms with Gasteiger partial charge >= 0.3 is 0 Å². The maximum Gasteiger partial charge on any atom is 0.200 e. The molecule has 0 aromatic heterocycles. The Morgan fingerprint density at radius 2 is 2.18 bits per heavy atom. The zero-order chi connectivity index (χ0) is 8.27. The molecule has 3 heteroatoms. The highest BCUT2D eigenvalue weighted by molar-refractivity contribution is 5.16. The molecular weight excluding hydrogens is 150 g/mol. The number of rotatable bonds is 2.